The lowest BCUT2D eigenvalue weighted by molar-refractivity contribution is -0.0819. The summed E-state index contributed by atoms with van der Waals surface area (Å²) in [5.74, 6) is -3.52. The van der Waals surface area contributed by atoms with Gasteiger partial charge in [-0.25, -0.2) is 9.97 Å². The normalized spacial score (nSPS) is 18.0. The van der Waals surface area contributed by atoms with Crippen LogP contribution in [0.3, 0.4) is 0 Å². The Labute approximate surface area is 115 Å². The van der Waals surface area contributed by atoms with Crippen molar-refractivity contribution in [2.75, 3.05) is 6.26 Å². The van der Waals surface area contributed by atoms with Crippen molar-refractivity contribution < 1.29 is 8.78 Å². The van der Waals surface area contributed by atoms with Crippen molar-refractivity contribution in [2.45, 2.75) is 43.2 Å². The van der Waals surface area contributed by atoms with Gasteiger partial charge in [0.05, 0.1) is 0 Å². The summed E-state index contributed by atoms with van der Waals surface area (Å²) in [5.41, 5.74) is -0.237. The fourth-order valence-corrected chi connectivity index (χ4v) is 2.95. The highest BCUT2D eigenvalue weighted by Gasteiger charge is 2.43. The lowest BCUT2D eigenvalue weighted by atomic mass is 9.83. The summed E-state index contributed by atoms with van der Waals surface area (Å²) < 4.78 is 28.8. The van der Waals surface area contributed by atoms with E-state index in [2.05, 4.69) is 9.97 Å². The second kappa shape index (κ2) is 5.70. The number of thioether (sulfide) groups is 1. The Morgan fingerprint density at radius 3 is 2.56 bits per heavy atom. The molecule has 2 rings (SSSR count). The standard InChI is InChI=1S/C12H15ClF2N2S/c1-18-11-16-9(7-10(13)17-11)12(14,15)8-5-3-2-4-6-8/h7-8H,2-6H2,1H3. The highest BCUT2D eigenvalue weighted by Crippen LogP contribution is 2.43. The topological polar surface area (TPSA) is 25.8 Å². The zero-order chi connectivity index (χ0) is 13.2. The van der Waals surface area contributed by atoms with Crippen molar-refractivity contribution in [3.05, 3.63) is 16.9 Å². The summed E-state index contributed by atoms with van der Waals surface area (Å²) in [6.07, 6.45) is 5.65. The average molecular weight is 293 g/mol. The van der Waals surface area contributed by atoms with Crippen molar-refractivity contribution in [3.63, 3.8) is 0 Å². The van der Waals surface area contributed by atoms with E-state index in [-0.39, 0.29) is 10.8 Å². The Morgan fingerprint density at radius 2 is 1.94 bits per heavy atom. The molecule has 18 heavy (non-hydrogen) atoms. The largest absolute Gasteiger partial charge is 0.292 e. The first-order chi connectivity index (χ1) is 8.54. The number of nitrogens with zero attached hydrogens (tertiary/aromatic N) is 2. The van der Waals surface area contributed by atoms with E-state index in [1.165, 1.54) is 17.8 Å². The van der Waals surface area contributed by atoms with Crippen LogP contribution in [0.15, 0.2) is 11.2 Å². The van der Waals surface area contributed by atoms with E-state index in [1.54, 1.807) is 6.26 Å². The van der Waals surface area contributed by atoms with Crippen molar-refractivity contribution >= 4 is 23.4 Å². The third-order valence-corrected chi connectivity index (χ3v) is 4.06. The summed E-state index contributed by atoms with van der Waals surface area (Å²) in [6, 6.07) is 1.19. The molecule has 0 spiro atoms. The monoisotopic (exact) mass is 292 g/mol. The van der Waals surface area contributed by atoms with E-state index in [0.29, 0.717) is 18.0 Å². The molecule has 0 aliphatic heterocycles. The number of halogens is 3. The van der Waals surface area contributed by atoms with Crippen LogP contribution >= 0.6 is 23.4 Å². The molecule has 0 N–H and O–H groups in total. The molecule has 0 atom stereocenters. The first-order valence-electron chi connectivity index (χ1n) is 6.01. The van der Waals surface area contributed by atoms with Crippen LogP contribution in [0.2, 0.25) is 5.15 Å². The maximum atomic E-state index is 14.4. The molecule has 100 valence electrons. The van der Waals surface area contributed by atoms with Gasteiger partial charge in [-0.2, -0.15) is 8.78 Å². The first kappa shape index (κ1) is 14.0. The predicted octanol–water partition coefficient (Wildman–Crippen LogP) is 4.52. The minimum Gasteiger partial charge on any atom is -0.221 e. The Balaban J connectivity index is 2.30. The SMILES string of the molecule is CSc1nc(Cl)cc(C(F)(F)C2CCCCC2)n1. The van der Waals surface area contributed by atoms with Crippen LogP contribution in [0.4, 0.5) is 8.78 Å². The maximum Gasteiger partial charge on any atom is 0.292 e. The van der Waals surface area contributed by atoms with Crippen LogP contribution in [-0.4, -0.2) is 16.2 Å². The van der Waals surface area contributed by atoms with Crippen LogP contribution in [0, 0.1) is 5.92 Å². The fourth-order valence-electron chi connectivity index (χ4n) is 2.33. The van der Waals surface area contributed by atoms with Gasteiger partial charge < -0.3 is 0 Å². The molecule has 1 saturated carbocycles. The second-order valence-corrected chi connectivity index (χ2v) is 5.68. The number of aromatic nitrogens is 2. The maximum absolute atomic E-state index is 14.4. The third-order valence-electron chi connectivity index (χ3n) is 3.32. The zero-order valence-corrected chi connectivity index (χ0v) is 11.7. The molecule has 0 amide bonds. The quantitative estimate of drug-likeness (QED) is 0.465. The van der Waals surface area contributed by atoms with Crippen molar-refractivity contribution in [1.29, 1.82) is 0 Å². The molecular formula is C12H15ClF2N2S. The molecule has 1 aliphatic carbocycles. The Hall–Kier alpha value is -0.420. The molecule has 2 nitrogen and oxygen atoms in total. The van der Waals surface area contributed by atoms with Gasteiger partial charge in [-0.05, 0) is 19.1 Å². The van der Waals surface area contributed by atoms with Crippen molar-refractivity contribution in [1.82, 2.24) is 9.97 Å². The highest BCUT2D eigenvalue weighted by molar-refractivity contribution is 7.98. The summed E-state index contributed by atoms with van der Waals surface area (Å²) in [5, 5.41) is 0.382. The summed E-state index contributed by atoms with van der Waals surface area (Å²) in [4.78, 5) is 7.81. The van der Waals surface area contributed by atoms with E-state index in [9.17, 15) is 8.78 Å². The number of hydrogen-bond donors (Lipinski definition) is 0. The van der Waals surface area contributed by atoms with Gasteiger partial charge in [-0.15, -0.1) is 0 Å². The van der Waals surface area contributed by atoms with Gasteiger partial charge in [0.2, 0.25) is 0 Å². The Morgan fingerprint density at radius 1 is 1.28 bits per heavy atom. The van der Waals surface area contributed by atoms with Gasteiger partial charge >= 0.3 is 0 Å². The molecule has 1 aromatic rings. The van der Waals surface area contributed by atoms with Gasteiger partial charge in [0, 0.05) is 12.0 Å². The van der Waals surface area contributed by atoms with Gasteiger partial charge in [0.1, 0.15) is 10.8 Å². The molecule has 0 saturated heterocycles. The minimum absolute atomic E-state index is 0.0832. The molecule has 0 unspecified atom stereocenters. The molecule has 0 radical (unpaired) electrons. The van der Waals surface area contributed by atoms with Gasteiger partial charge in [-0.3, -0.25) is 0 Å². The van der Waals surface area contributed by atoms with Crippen LogP contribution in [0.5, 0.6) is 0 Å². The summed E-state index contributed by atoms with van der Waals surface area (Å²) in [6.45, 7) is 0. The van der Waals surface area contributed by atoms with Crippen LogP contribution in [0.1, 0.15) is 37.8 Å². The summed E-state index contributed by atoms with van der Waals surface area (Å²) >= 11 is 7.00. The van der Waals surface area contributed by atoms with Crippen molar-refractivity contribution in [2.24, 2.45) is 5.92 Å². The fraction of sp³-hybridized carbons (Fsp3) is 0.667. The first-order valence-corrected chi connectivity index (χ1v) is 7.61. The van der Waals surface area contributed by atoms with E-state index in [0.717, 1.165) is 19.3 Å². The smallest absolute Gasteiger partial charge is 0.221 e. The lowest BCUT2D eigenvalue weighted by Gasteiger charge is -2.29. The zero-order valence-electron chi connectivity index (χ0n) is 10.1. The van der Waals surface area contributed by atoms with Gasteiger partial charge in [0.25, 0.3) is 5.92 Å². The lowest BCUT2D eigenvalue weighted by Crippen LogP contribution is -2.29. The highest BCUT2D eigenvalue weighted by atomic mass is 35.5. The molecule has 1 aliphatic rings. The van der Waals surface area contributed by atoms with Gasteiger partial charge in [-0.1, -0.05) is 42.6 Å². The molecule has 6 heteroatoms. The number of hydrogen-bond acceptors (Lipinski definition) is 3. The third kappa shape index (κ3) is 2.94. The van der Waals surface area contributed by atoms with E-state index in [4.69, 9.17) is 11.6 Å². The molecule has 1 aromatic heterocycles. The molecule has 0 aromatic carbocycles. The predicted molar refractivity (Wildman–Crippen MR) is 69.3 cm³/mol. The van der Waals surface area contributed by atoms with Crippen molar-refractivity contribution in [3.8, 4) is 0 Å². The van der Waals surface area contributed by atoms with E-state index in [1.807, 2.05) is 0 Å². The molecular weight excluding hydrogens is 278 g/mol. The molecule has 0 bridgehead atoms. The van der Waals surface area contributed by atoms with E-state index >= 15 is 0 Å². The average Bonchev–Trinajstić information content (AvgIpc) is 2.39. The Kier molecular flexibility index (Phi) is 4.43. The second-order valence-electron chi connectivity index (χ2n) is 4.52. The molecule has 1 heterocycles. The molecule has 1 fully saturated rings. The summed E-state index contributed by atoms with van der Waals surface area (Å²) in [7, 11) is 0. The number of alkyl halides is 2. The van der Waals surface area contributed by atoms with Crippen LogP contribution in [-0.2, 0) is 5.92 Å². The Bertz CT molecular complexity index is 423. The van der Waals surface area contributed by atoms with Crippen LogP contribution < -0.4 is 0 Å². The van der Waals surface area contributed by atoms with Crippen LogP contribution in [0.25, 0.3) is 0 Å². The minimum atomic E-state index is -2.91. The number of rotatable bonds is 3. The van der Waals surface area contributed by atoms with E-state index < -0.39 is 11.8 Å². The van der Waals surface area contributed by atoms with Gasteiger partial charge in [0.15, 0.2) is 5.16 Å².